The SMILES string of the molecule is BC(O[C@H](COC)[C@@H](C)O)[C@H](C)F. The lowest BCUT2D eigenvalue weighted by molar-refractivity contribution is -0.0901. The lowest BCUT2D eigenvalue weighted by atomic mass is 9.95. The maximum atomic E-state index is 12.7. The second-order valence-electron chi connectivity index (χ2n) is 3.25. The van der Waals surface area contributed by atoms with Gasteiger partial charge >= 0.3 is 0 Å². The Morgan fingerprint density at radius 3 is 2.31 bits per heavy atom. The van der Waals surface area contributed by atoms with Crippen LogP contribution in [0.25, 0.3) is 0 Å². The molecule has 0 amide bonds. The number of methoxy groups -OCH3 is 1. The third-order valence-electron chi connectivity index (χ3n) is 1.91. The van der Waals surface area contributed by atoms with Crippen molar-refractivity contribution in [2.75, 3.05) is 13.7 Å². The largest absolute Gasteiger partial charge is 0.391 e. The van der Waals surface area contributed by atoms with Gasteiger partial charge in [-0.05, 0) is 13.8 Å². The summed E-state index contributed by atoms with van der Waals surface area (Å²) in [6.07, 6.45) is -2.16. The first-order valence-corrected chi connectivity index (χ1v) is 4.45. The predicted octanol–water partition coefficient (Wildman–Crippen LogP) is -0.284. The number of aliphatic hydroxyl groups is 1. The summed E-state index contributed by atoms with van der Waals surface area (Å²) in [6, 6.07) is -0.519. The van der Waals surface area contributed by atoms with E-state index in [1.54, 1.807) is 14.8 Å². The molecular formula is C8H18BFO3. The van der Waals surface area contributed by atoms with E-state index in [4.69, 9.17) is 9.47 Å². The Bertz CT molecular complexity index is 133. The fourth-order valence-electron chi connectivity index (χ4n) is 0.840. The van der Waals surface area contributed by atoms with Crippen molar-refractivity contribution in [3.05, 3.63) is 0 Å². The van der Waals surface area contributed by atoms with Crippen LogP contribution in [-0.2, 0) is 9.47 Å². The highest BCUT2D eigenvalue weighted by molar-refractivity contribution is 6.11. The quantitative estimate of drug-likeness (QED) is 0.588. The van der Waals surface area contributed by atoms with E-state index in [0.717, 1.165) is 0 Å². The fraction of sp³-hybridized carbons (Fsp3) is 1.00. The van der Waals surface area contributed by atoms with E-state index in [-0.39, 0.29) is 6.61 Å². The normalized spacial score (nSPS) is 20.7. The molecular weight excluding hydrogens is 174 g/mol. The van der Waals surface area contributed by atoms with Crippen LogP contribution in [0.15, 0.2) is 0 Å². The Kier molecular flexibility index (Phi) is 6.29. The summed E-state index contributed by atoms with van der Waals surface area (Å²) >= 11 is 0. The molecule has 0 aliphatic rings. The molecule has 0 aromatic rings. The Morgan fingerprint density at radius 1 is 1.46 bits per heavy atom. The van der Waals surface area contributed by atoms with Crippen LogP contribution in [-0.4, -0.2) is 51.1 Å². The van der Waals surface area contributed by atoms with Crippen LogP contribution < -0.4 is 0 Å². The van der Waals surface area contributed by atoms with Crippen molar-refractivity contribution >= 4 is 7.85 Å². The van der Waals surface area contributed by atoms with Crippen LogP contribution >= 0.6 is 0 Å². The van der Waals surface area contributed by atoms with Crippen LogP contribution in [0.4, 0.5) is 4.39 Å². The van der Waals surface area contributed by atoms with Crippen molar-refractivity contribution < 1.29 is 19.0 Å². The van der Waals surface area contributed by atoms with Crippen LogP contribution in [0.1, 0.15) is 13.8 Å². The highest BCUT2D eigenvalue weighted by Crippen LogP contribution is 2.07. The minimum atomic E-state index is -1.04. The molecule has 78 valence electrons. The molecule has 0 aliphatic heterocycles. The van der Waals surface area contributed by atoms with Crippen LogP contribution in [0.5, 0.6) is 0 Å². The third kappa shape index (κ3) is 5.23. The average Bonchev–Trinajstić information content (AvgIpc) is 2.03. The Hall–Kier alpha value is -0.125. The number of hydrogen-bond donors (Lipinski definition) is 1. The summed E-state index contributed by atoms with van der Waals surface area (Å²) in [5.74, 6) is 0. The van der Waals surface area contributed by atoms with Gasteiger partial charge in [0.2, 0.25) is 0 Å². The van der Waals surface area contributed by atoms with Gasteiger partial charge in [0.15, 0.2) is 0 Å². The molecule has 3 nitrogen and oxygen atoms in total. The number of ether oxygens (including phenoxy) is 2. The van der Waals surface area contributed by atoms with Crippen LogP contribution in [0, 0.1) is 0 Å². The van der Waals surface area contributed by atoms with Crippen molar-refractivity contribution in [1.29, 1.82) is 0 Å². The summed E-state index contributed by atoms with van der Waals surface area (Å²) in [4.78, 5) is 0. The Balaban J connectivity index is 3.94. The van der Waals surface area contributed by atoms with E-state index in [2.05, 4.69) is 0 Å². The molecule has 13 heavy (non-hydrogen) atoms. The fourth-order valence-corrected chi connectivity index (χ4v) is 0.840. The predicted molar refractivity (Wildman–Crippen MR) is 51.3 cm³/mol. The van der Waals surface area contributed by atoms with Crippen molar-refractivity contribution in [2.24, 2.45) is 0 Å². The summed E-state index contributed by atoms with van der Waals surface area (Å²) < 4.78 is 22.8. The maximum absolute atomic E-state index is 12.7. The molecule has 0 spiro atoms. The number of rotatable bonds is 6. The van der Waals surface area contributed by atoms with Gasteiger partial charge in [0, 0.05) is 7.11 Å². The van der Waals surface area contributed by atoms with Gasteiger partial charge in [0.1, 0.15) is 20.1 Å². The first-order valence-electron chi connectivity index (χ1n) is 4.45. The zero-order valence-corrected chi connectivity index (χ0v) is 8.66. The lowest BCUT2D eigenvalue weighted by Gasteiger charge is -2.24. The summed E-state index contributed by atoms with van der Waals surface area (Å²) in [5.41, 5.74) is 0. The van der Waals surface area contributed by atoms with E-state index in [0.29, 0.717) is 0 Å². The van der Waals surface area contributed by atoms with E-state index in [9.17, 15) is 9.50 Å². The first kappa shape index (κ1) is 12.9. The second-order valence-corrected chi connectivity index (χ2v) is 3.25. The minimum absolute atomic E-state index is 0.273. The van der Waals surface area contributed by atoms with E-state index < -0.39 is 24.4 Å². The van der Waals surface area contributed by atoms with Crippen molar-refractivity contribution in [1.82, 2.24) is 0 Å². The molecule has 0 saturated heterocycles. The molecule has 0 radical (unpaired) electrons. The zero-order chi connectivity index (χ0) is 10.4. The standard InChI is InChI=1S/C8H18BFO3/c1-5(10)8(9)13-7(4-12-3)6(2)11/h5-8,11H,4,9H2,1-3H3/t5-,6+,7+,8?/m0/s1. The van der Waals surface area contributed by atoms with Crippen molar-refractivity contribution in [3.8, 4) is 0 Å². The zero-order valence-electron chi connectivity index (χ0n) is 8.66. The number of halogens is 1. The van der Waals surface area contributed by atoms with Crippen molar-refractivity contribution in [3.63, 3.8) is 0 Å². The van der Waals surface area contributed by atoms with E-state index in [1.165, 1.54) is 14.0 Å². The monoisotopic (exact) mass is 192 g/mol. The molecule has 0 aliphatic carbocycles. The number of aliphatic hydroxyl groups excluding tert-OH is 1. The molecule has 5 heteroatoms. The van der Waals surface area contributed by atoms with Crippen LogP contribution in [0.2, 0.25) is 0 Å². The molecule has 0 heterocycles. The molecule has 1 unspecified atom stereocenters. The minimum Gasteiger partial charge on any atom is -0.391 e. The van der Waals surface area contributed by atoms with Gasteiger partial charge in [-0.25, -0.2) is 4.39 Å². The van der Waals surface area contributed by atoms with Gasteiger partial charge in [0.05, 0.1) is 18.7 Å². The molecule has 0 bridgehead atoms. The Labute approximate surface area is 79.6 Å². The summed E-state index contributed by atoms with van der Waals surface area (Å²) in [7, 11) is 3.15. The highest BCUT2D eigenvalue weighted by Gasteiger charge is 2.21. The van der Waals surface area contributed by atoms with E-state index in [1.807, 2.05) is 0 Å². The van der Waals surface area contributed by atoms with Gasteiger partial charge in [-0.15, -0.1) is 0 Å². The lowest BCUT2D eigenvalue weighted by Crippen LogP contribution is -2.38. The smallest absolute Gasteiger partial charge is 0.143 e. The van der Waals surface area contributed by atoms with Crippen LogP contribution in [0.3, 0.4) is 0 Å². The summed E-state index contributed by atoms with van der Waals surface area (Å²) in [5, 5.41) is 9.25. The molecule has 4 atom stereocenters. The highest BCUT2D eigenvalue weighted by atomic mass is 19.1. The molecule has 0 saturated carbocycles. The second kappa shape index (κ2) is 6.35. The molecule has 0 fully saturated rings. The topological polar surface area (TPSA) is 38.7 Å². The van der Waals surface area contributed by atoms with Gasteiger partial charge in [-0.2, -0.15) is 0 Å². The molecule has 0 rings (SSSR count). The first-order chi connectivity index (χ1) is 5.99. The van der Waals surface area contributed by atoms with Gasteiger partial charge in [-0.3, -0.25) is 0 Å². The molecule has 0 aromatic heterocycles. The third-order valence-corrected chi connectivity index (χ3v) is 1.91. The number of alkyl halides is 1. The summed E-state index contributed by atoms with van der Waals surface area (Å²) in [6.45, 7) is 3.30. The van der Waals surface area contributed by atoms with Gasteiger partial charge in [-0.1, -0.05) is 0 Å². The Morgan fingerprint density at radius 2 is 2.00 bits per heavy atom. The van der Waals surface area contributed by atoms with Crippen molar-refractivity contribution in [2.45, 2.75) is 38.2 Å². The molecule has 1 N–H and O–H groups in total. The van der Waals surface area contributed by atoms with E-state index >= 15 is 0 Å². The van der Waals surface area contributed by atoms with Gasteiger partial charge in [0.25, 0.3) is 0 Å². The molecule has 0 aromatic carbocycles. The van der Waals surface area contributed by atoms with Gasteiger partial charge < -0.3 is 14.6 Å². The number of hydrogen-bond acceptors (Lipinski definition) is 3. The maximum Gasteiger partial charge on any atom is 0.143 e. The average molecular weight is 192 g/mol.